The number of alkyl halides is 3. The molecule has 0 atom stereocenters. The second kappa shape index (κ2) is 8.81. The Bertz CT molecular complexity index is 869. The first-order chi connectivity index (χ1) is 13.8. The summed E-state index contributed by atoms with van der Waals surface area (Å²) in [7, 11) is 0. The largest absolute Gasteiger partial charge is 0.490 e. The van der Waals surface area contributed by atoms with E-state index < -0.39 is 12.1 Å². The Kier molecular flexibility index (Phi) is 6.85. The minimum Gasteiger partial charge on any atom is -0.475 e. The summed E-state index contributed by atoms with van der Waals surface area (Å²) in [5.41, 5.74) is 10.7. The maximum absolute atomic E-state index is 10.6. The van der Waals surface area contributed by atoms with Gasteiger partial charge < -0.3 is 14.9 Å². The zero-order chi connectivity index (χ0) is 22.8. The van der Waals surface area contributed by atoms with Crippen molar-refractivity contribution in [3.05, 3.63) is 70.0 Å². The second-order valence-corrected chi connectivity index (χ2v) is 7.68. The maximum atomic E-state index is 10.6. The van der Waals surface area contributed by atoms with Crippen LogP contribution in [0.3, 0.4) is 0 Å². The number of hydrogen-bond acceptors (Lipinski definition) is 3. The van der Waals surface area contributed by atoms with Crippen LogP contribution in [0.25, 0.3) is 0 Å². The molecule has 1 heterocycles. The lowest BCUT2D eigenvalue weighted by Crippen LogP contribution is -2.26. The third kappa shape index (κ3) is 5.34. The van der Waals surface area contributed by atoms with Gasteiger partial charge in [0.2, 0.25) is 0 Å². The molecule has 0 bridgehead atoms. The fourth-order valence-electron chi connectivity index (χ4n) is 3.96. The molecule has 4 nitrogen and oxygen atoms in total. The topological polar surface area (TPSA) is 43.8 Å². The molecule has 0 amide bonds. The van der Waals surface area contributed by atoms with E-state index in [4.69, 9.17) is 9.90 Å². The number of nitrogens with zero attached hydrogens (tertiary/aromatic N) is 2. The van der Waals surface area contributed by atoms with Crippen molar-refractivity contribution in [1.82, 2.24) is 0 Å². The van der Waals surface area contributed by atoms with Crippen molar-refractivity contribution >= 4 is 17.3 Å². The minimum atomic E-state index is -5.08. The number of carboxylic acid groups (broad SMARTS) is 1. The van der Waals surface area contributed by atoms with Gasteiger partial charge in [0.25, 0.3) is 0 Å². The van der Waals surface area contributed by atoms with Gasteiger partial charge in [-0.1, -0.05) is 35.4 Å². The molecule has 0 unspecified atom stereocenters. The van der Waals surface area contributed by atoms with E-state index in [0.717, 1.165) is 6.67 Å². The lowest BCUT2D eigenvalue weighted by Gasteiger charge is -2.27. The van der Waals surface area contributed by atoms with Crippen LogP contribution < -0.4 is 9.80 Å². The third-order valence-corrected chi connectivity index (χ3v) is 4.82. The molecule has 1 aliphatic rings. The lowest BCUT2D eigenvalue weighted by molar-refractivity contribution is -0.192. The van der Waals surface area contributed by atoms with Crippen LogP contribution in [-0.4, -0.2) is 23.9 Å². The number of halogens is 3. The molecule has 2 aromatic rings. The summed E-state index contributed by atoms with van der Waals surface area (Å²) in [6.45, 7) is 14.0. The molecular weight excluding hydrogens is 393 g/mol. The highest BCUT2D eigenvalue weighted by Gasteiger charge is 2.38. The molecule has 0 aliphatic carbocycles. The van der Waals surface area contributed by atoms with Crippen LogP contribution in [-0.2, 0) is 4.79 Å². The van der Waals surface area contributed by atoms with Crippen molar-refractivity contribution in [2.75, 3.05) is 16.5 Å². The summed E-state index contributed by atoms with van der Waals surface area (Å²) in [5, 5.41) is 7.12. The molecule has 0 spiro atoms. The number of hydrogen-bond donors (Lipinski definition) is 1. The number of anilines is 2. The first kappa shape index (κ1) is 23.3. The van der Waals surface area contributed by atoms with E-state index in [0.29, 0.717) is 0 Å². The smallest absolute Gasteiger partial charge is 0.475 e. The average Bonchev–Trinajstić information content (AvgIpc) is 3.01. The highest BCUT2D eigenvalue weighted by Crippen LogP contribution is 2.33. The number of rotatable bonds is 2. The molecule has 2 aromatic carbocycles. The molecule has 0 aromatic heterocycles. The second-order valence-electron chi connectivity index (χ2n) is 7.68. The Morgan fingerprint density at radius 2 is 1.03 bits per heavy atom. The molecule has 0 saturated carbocycles. The lowest BCUT2D eigenvalue weighted by atomic mass is 10.0. The van der Waals surface area contributed by atoms with Crippen LogP contribution in [0.1, 0.15) is 33.4 Å². The van der Waals surface area contributed by atoms with E-state index in [-0.39, 0.29) is 0 Å². The highest BCUT2D eigenvalue weighted by molar-refractivity contribution is 5.73. The van der Waals surface area contributed by atoms with Crippen molar-refractivity contribution < 1.29 is 23.1 Å². The molecule has 30 heavy (non-hydrogen) atoms. The predicted molar refractivity (Wildman–Crippen MR) is 114 cm³/mol. The summed E-state index contributed by atoms with van der Waals surface area (Å²) >= 11 is 0. The molecule has 7 heteroatoms. The van der Waals surface area contributed by atoms with Crippen LogP contribution in [0.5, 0.6) is 0 Å². The molecule has 3 rings (SSSR count). The first-order valence-corrected chi connectivity index (χ1v) is 9.48. The molecule has 0 saturated heterocycles. The standard InChI is InChI=1S/C21H26N2.C2HF3O2/c1-14-9-16(3)20(17(4)10-14)22-7-8-23(13-22)21-18(5)11-15(2)12-19(21)6;3-2(4,5)1(6)7/h7-12H,13H2,1-6H3;(H,6,7). The van der Waals surface area contributed by atoms with E-state index in [1.807, 2.05) is 0 Å². The normalized spacial score (nSPS) is 13.4. The Morgan fingerprint density at radius 1 is 0.767 bits per heavy atom. The van der Waals surface area contributed by atoms with Crippen molar-refractivity contribution in [1.29, 1.82) is 0 Å². The number of benzene rings is 2. The fraction of sp³-hybridized carbons (Fsp3) is 0.348. The quantitative estimate of drug-likeness (QED) is 0.654. The first-order valence-electron chi connectivity index (χ1n) is 9.48. The molecule has 1 N–H and O–H groups in total. The zero-order valence-electron chi connectivity index (χ0n) is 18.1. The van der Waals surface area contributed by atoms with Gasteiger partial charge in [-0.3, -0.25) is 0 Å². The Hall–Kier alpha value is -2.96. The molecule has 0 fully saturated rings. The van der Waals surface area contributed by atoms with Crippen LogP contribution in [0, 0.1) is 41.5 Å². The van der Waals surface area contributed by atoms with Crippen molar-refractivity contribution in [3.8, 4) is 0 Å². The zero-order valence-corrected chi connectivity index (χ0v) is 18.1. The van der Waals surface area contributed by atoms with E-state index in [2.05, 4.69) is 88.0 Å². The van der Waals surface area contributed by atoms with E-state index >= 15 is 0 Å². The molecule has 0 radical (unpaired) electrons. The van der Waals surface area contributed by atoms with Gasteiger partial charge in [-0.2, -0.15) is 13.2 Å². The van der Waals surface area contributed by atoms with Crippen molar-refractivity contribution in [2.45, 2.75) is 47.7 Å². The SMILES string of the molecule is Cc1cc(C)c(N2C=CN(c3c(C)cc(C)cc3C)C2)c(C)c1.O=C(O)C(F)(F)F. The maximum Gasteiger partial charge on any atom is 0.490 e. The predicted octanol–water partition coefficient (Wildman–Crippen LogP) is 5.93. The summed E-state index contributed by atoms with van der Waals surface area (Å²) in [4.78, 5) is 13.6. The van der Waals surface area contributed by atoms with Crippen molar-refractivity contribution in [2.24, 2.45) is 0 Å². The van der Waals surface area contributed by atoms with Gasteiger partial charge in [-0.25, -0.2) is 4.79 Å². The summed E-state index contributed by atoms with van der Waals surface area (Å²) in [5.74, 6) is -2.76. The van der Waals surface area contributed by atoms with Gasteiger partial charge in [0, 0.05) is 23.8 Å². The average molecular weight is 420 g/mol. The van der Waals surface area contributed by atoms with Crippen LogP contribution in [0.2, 0.25) is 0 Å². The highest BCUT2D eigenvalue weighted by atomic mass is 19.4. The van der Waals surface area contributed by atoms with E-state index in [1.165, 1.54) is 44.8 Å². The van der Waals surface area contributed by atoms with E-state index in [9.17, 15) is 13.2 Å². The molecular formula is C23H27F3N2O2. The number of aryl methyl sites for hydroxylation is 6. The number of carbonyl (C=O) groups is 1. The van der Waals surface area contributed by atoms with Gasteiger partial charge in [0.05, 0.1) is 6.67 Å². The van der Waals surface area contributed by atoms with Crippen LogP contribution in [0.4, 0.5) is 24.5 Å². The van der Waals surface area contributed by atoms with Crippen molar-refractivity contribution in [3.63, 3.8) is 0 Å². The Labute approximate surface area is 175 Å². The van der Waals surface area contributed by atoms with E-state index in [1.54, 1.807) is 0 Å². The van der Waals surface area contributed by atoms with Gasteiger partial charge in [0.1, 0.15) is 0 Å². The van der Waals surface area contributed by atoms with Gasteiger partial charge in [-0.15, -0.1) is 0 Å². The monoisotopic (exact) mass is 420 g/mol. The molecule has 162 valence electrons. The Morgan fingerprint density at radius 3 is 1.27 bits per heavy atom. The van der Waals surface area contributed by atoms with Gasteiger partial charge in [0.15, 0.2) is 0 Å². The number of carboxylic acids is 1. The Balaban J connectivity index is 0.000000396. The number of aliphatic carboxylic acids is 1. The van der Waals surface area contributed by atoms with Gasteiger partial charge in [-0.05, 0) is 63.8 Å². The van der Waals surface area contributed by atoms with Gasteiger partial charge >= 0.3 is 12.1 Å². The summed E-state index contributed by atoms with van der Waals surface area (Å²) < 4.78 is 31.7. The minimum absolute atomic E-state index is 0.871. The molecule has 1 aliphatic heterocycles. The fourth-order valence-corrected chi connectivity index (χ4v) is 3.96. The summed E-state index contributed by atoms with van der Waals surface area (Å²) in [6.07, 6.45) is -0.688. The third-order valence-electron chi connectivity index (χ3n) is 4.82. The van der Waals surface area contributed by atoms with Crippen LogP contribution >= 0.6 is 0 Å². The van der Waals surface area contributed by atoms with Crippen LogP contribution in [0.15, 0.2) is 36.7 Å². The summed E-state index contributed by atoms with van der Waals surface area (Å²) in [6, 6.07) is 9.06.